The third kappa shape index (κ3) is 3.20. The lowest BCUT2D eigenvalue weighted by molar-refractivity contribution is 0.867. The minimum atomic E-state index is 0.598. The molecule has 5 heteroatoms. The molecule has 0 amide bonds. The summed E-state index contributed by atoms with van der Waals surface area (Å²) in [6, 6.07) is 12.5. The van der Waals surface area contributed by atoms with Gasteiger partial charge >= 0.3 is 0 Å². The number of rotatable bonds is 5. The predicted molar refractivity (Wildman–Crippen MR) is 107 cm³/mol. The zero-order valence-corrected chi connectivity index (χ0v) is 15.7. The SMILES string of the molecule is Cc1ccc(C)n1-c1cc(C/C(C=N)=C/N)cc(-n2c(C)ccc2C)n1. The molecule has 0 saturated heterocycles. The van der Waals surface area contributed by atoms with Crippen molar-refractivity contribution in [2.24, 2.45) is 5.73 Å². The van der Waals surface area contributed by atoms with Crippen LogP contribution in [0, 0.1) is 33.1 Å². The van der Waals surface area contributed by atoms with Crippen molar-refractivity contribution < 1.29 is 0 Å². The van der Waals surface area contributed by atoms with Crippen LogP contribution >= 0.6 is 0 Å². The molecule has 134 valence electrons. The van der Waals surface area contributed by atoms with E-state index in [2.05, 4.69) is 73.2 Å². The van der Waals surface area contributed by atoms with Crippen molar-refractivity contribution >= 4 is 6.21 Å². The predicted octanol–water partition coefficient (Wildman–Crippen LogP) is 3.93. The molecule has 26 heavy (non-hydrogen) atoms. The first-order chi connectivity index (χ1) is 12.4. The van der Waals surface area contributed by atoms with Crippen LogP contribution in [0.25, 0.3) is 11.6 Å². The second-order valence-electron chi connectivity index (χ2n) is 6.66. The second kappa shape index (κ2) is 7.04. The van der Waals surface area contributed by atoms with E-state index in [0.717, 1.165) is 45.5 Å². The molecule has 0 aliphatic carbocycles. The van der Waals surface area contributed by atoms with E-state index < -0.39 is 0 Å². The van der Waals surface area contributed by atoms with Gasteiger partial charge < -0.3 is 20.3 Å². The van der Waals surface area contributed by atoms with E-state index in [1.165, 1.54) is 12.4 Å². The fraction of sp³-hybridized carbons (Fsp3) is 0.238. The van der Waals surface area contributed by atoms with Crippen LogP contribution in [0.3, 0.4) is 0 Å². The topological polar surface area (TPSA) is 72.6 Å². The van der Waals surface area contributed by atoms with E-state index in [-0.39, 0.29) is 0 Å². The summed E-state index contributed by atoms with van der Waals surface area (Å²) in [5, 5.41) is 7.53. The molecule has 3 rings (SSSR count). The van der Waals surface area contributed by atoms with Crippen molar-refractivity contribution in [2.45, 2.75) is 34.1 Å². The smallest absolute Gasteiger partial charge is 0.139 e. The molecule has 5 nitrogen and oxygen atoms in total. The fourth-order valence-corrected chi connectivity index (χ4v) is 3.34. The molecule has 0 fully saturated rings. The summed E-state index contributed by atoms with van der Waals surface area (Å²) < 4.78 is 4.30. The molecule has 3 heterocycles. The number of pyridine rings is 1. The van der Waals surface area contributed by atoms with Crippen molar-refractivity contribution in [1.29, 1.82) is 5.41 Å². The highest BCUT2D eigenvalue weighted by Crippen LogP contribution is 2.22. The Morgan fingerprint density at radius 1 is 0.923 bits per heavy atom. The zero-order chi connectivity index (χ0) is 18.8. The van der Waals surface area contributed by atoms with Crippen molar-refractivity contribution in [3.63, 3.8) is 0 Å². The number of aromatic nitrogens is 3. The Balaban J connectivity index is 2.22. The van der Waals surface area contributed by atoms with E-state index in [9.17, 15) is 0 Å². The quantitative estimate of drug-likeness (QED) is 0.686. The average Bonchev–Trinajstić information content (AvgIpc) is 3.13. The van der Waals surface area contributed by atoms with E-state index in [0.29, 0.717) is 6.42 Å². The van der Waals surface area contributed by atoms with Gasteiger partial charge in [-0.2, -0.15) is 0 Å². The molecule has 0 atom stereocenters. The number of hydrogen-bond donors (Lipinski definition) is 2. The van der Waals surface area contributed by atoms with Crippen LogP contribution in [0.2, 0.25) is 0 Å². The average molecular weight is 347 g/mol. The number of allylic oxidation sites excluding steroid dienone is 1. The first-order valence-electron chi connectivity index (χ1n) is 8.67. The van der Waals surface area contributed by atoms with Crippen LogP contribution in [0.4, 0.5) is 0 Å². The Hall–Kier alpha value is -3.08. The summed E-state index contributed by atoms with van der Waals surface area (Å²) in [6.45, 7) is 8.32. The monoisotopic (exact) mass is 347 g/mol. The highest BCUT2D eigenvalue weighted by atomic mass is 15.1. The first-order valence-corrected chi connectivity index (χ1v) is 8.67. The van der Waals surface area contributed by atoms with Crippen molar-refractivity contribution in [3.8, 4) is 11.6 Å². The Morgan fingerprint density at radius 3 is 1.69 bits per heavy atom. The van der Waals surface area contributed by atoms with Gasteiger partial charge in [-0.25, -0.2) is 4.98 Å². The third-order valence-electron chi connectivity index (χ3n) is 4.67. The highest BCUT2D eigenvalue weighted by Gasteiger charge is 2.12. The highest BCUT2D eigenvalue weighted by molar-refractivity contribution is 5.76. The molecule has 3 aromatic heterocycles. The summed E-state index contributed by atoms with van der Waals surface area (Å²) in [5.74, 6) is 1.76. The molecule has 0 aliphatic heterocycles. The lowest BCUT2D eigenvalue weighted by Crippen LogP contribution is -2.09. The minimum absolute atomic E-state index is 0.598. The third-order valence-corrected chi connectivity index (χ3v) is 4.67. The first kappa shape index (κ1) is 17.7. The molecular weight excluding hydrogens is 322 g/mol. The lowest BCUT2D eigenvalue weighted by atomic mass is 10.1. The second-order valence-corrected chi connectivity index (χ2v) is 6.66. The van der Waals surface area contributed by atoms with Crippen molar-refractivity contribution in [3.05, 3.63) is 76.5 Å². The molecular formula is C21H25N5. The van der Waals surface area contributed by atoms with Gasteiger partial charge in [0.1, 0.15) is 11.6 Å². The van der Waals surface area contributed by atoms with Gasteiger partial charge in [-0.3, -0.25) is 0 Å². The maximum absolute atomic E-state index is 7.53. The van der Waals surface area contributed by atoms with Crippen LogP contribution in [0.5, 0.6) is 0 Å². The Labute approximate surface area is 154 Å². The van der Waals surface area contributed by atoms with Crippen LogP contribution in [-0.4, -0.2) is 20.3 Å². The summed E-state index contributed by atoms with van der Waals surface area (Å²) in [5.41, 5.74) is 12.1. The maximum Gasteiger partial charge on any atom is 0.139 e. The Bertz CT molecular complexity index is 884. The number of nitrogens with one attached hydrogen (secondary N) is 1. The van der Waals surface area contributed by atoms with Crippen LogP contribution in [0.1, 0.15) is 28.3 Å². The van der Waals surface area contributed by atoms with Crippen LogP contribution in [0.15, 0.2) is 48.2 Å². The fourth-order valence-electron chi connectivity index (χ4n) is 3.34. The standard InChI is InChI=1S/C21H25N5/c1-14-5-6-15(2)25(14)20-10-18(9-19(12-22)13-23)11-21(24-20)26-16(3)7-8-17(26)4/h5-8,10-13,22H,9,23H2,1-4H3/b19-13-,22-12?. The molecule has 3 aromatic rings. The van der Waals surface area contributed by atoms with E-state index in [1.54, 1.807) is 0 Å². The molecule has 3 N–H and O–H groups in total. The molecule has 0 saturated carbocycles. The normalized spacial score (nSPS) is 11.8. The molecule has 0 bridgehead atoms. The summed E-state index contributed by atoms with van der Waals surface area (Å²) in [4.78, 5) is 4.94. The summed E-state index contributed by atoms with van der Waals surface area (Å²) >= 11 is 0. The van der Waals surface area contributed by atoms with Gasteiger partial charge in [-0.05, 0) is 81.4 Å². The van der Waals surface area contributed by atoms with Gasteiger partial charge in [0.15, 0.2) is 0 Å². The van der Waals surface area contributed by atoms with Gasteiger partial charge in [0, 0.05) is 35.4 Å². The van der Waals surface area contributed by atoms with Crippen molar-refractivity contribution in [1.82, 2.24) is 14.1 Å². The van der Waals surface area contributed by atoms with Crippen LogP contribution < -0.4 is 5.73 Å². The molecule has 0 aliphatic rings. The van der Waals surface area contributed by atoms with Gasteiger partial charge in [0.25, 0.3) is 0 Å². The van der Waals surface area contributed by atoms with E-state index in [4.69, 9.17) is 16.1 Å². The molecule has 0 spiro atoms. The van der Waals surface area contributed by atoms with E-state index in [1.807, 2.05) is 0 Å². The van der Waals surface area contributed by atoms with Gasteiger partial charge in [0.05, 0.1) is 0 Å². The Kier molecular flexibility index (Phi) is 4.80. The lowest BCUT2D eigenvalue weighted by Gasteiger charge is -2.15. The van der Waals surface area contributed by atoms with Gasteiger partial charge in [-0.1, -0.05) is 0 Å². The summed E-state index contributed by atoms with van der Waals surface area (Å²) in [6.07, 6.45) is 3.39. The minimum Gasteiger partial charge on any atom is -0.404 e. The van der Waals surface area contributed by atoms with Crippen LogP contribution in [-0.2, 0) is 6.42 Å². The molecule has 0 radical (unpaired) electrons. The van der Waals surface area contributed by atoms with Gasteiger partial charge in [0.2, 0.25) is 0 Å². The zero-order valence-electron chi connectivity index (χ0n) is 15.7. The summed E-state index contributed by atoms with van der Waals surface area (Å²) in [7, 11) is 0. The molecule has 0 aromatic carbocycles. The van der Waals surface area contributed by atoms with E-state index >= 15 is 0 Å². The number of nitrogens with zero attached hydrogens (tertiary/aromatic N) is 3. The number of nitrogens with two attached hydrogens (primary N) is 1. The van der Waals surface area contributed by atoms with Gasteiger partial charge in [-0.15, -0.1) is 0 Å². The maximum atomic E-state index is 7.53. The number of hydrogen-bond acceptors (Lipinski definition) is 3. The molecule has 0 unspecified atom stereocenters. The largest absolute Gasteiger partial charge is 0.404 e. The van der Waals surface area contributed by atoms with Crippen molar-refractivity contribution in [2.75, 3.05) is 0 Å². The number of aryl methyl sites for hydroxylation is 4. The Morgan fingerprint density at radius 2 is 1.35 bits per heavy atom.